The predicted octanol–water partition coefficient (Wildman–Crippen LogP) is 4.71. The van der Waals surface area contributed by atoms with Crippen LogP contribution in [-0.2, 0) is 19.5 Å². The molecule has 3 heterocycles. The van der Waals surface area contributed by atoms with E-state index in [2.05, 4.69) is 0 Å². The van der Waals surface area contributed by atoms with E-state index in [1.165, 1.54) is 28.0 Å². The molecule has 0 unspecified atom stereocenters. The standard InChI is InChI=1S/C25H22Cl2FN3O3S/c1-13-18(26)4-3-5-20(13)31-23(33)22-17-8-9-29(14(2)32)12-21(17)35-24(22)30(25(31)34)11-15-6-7-16(28)10-19(15)27/h3-7,10,14,32H,8-9,11-12H2,1-2H3/t14-/m0/s1. The lowest BCUT2D eigenvalue weighted by molar-refractivity contribution is 0.0102. The lowest BCUT2D eigenvalue weighted by Crippen LogP contribution is -2.40. The molecule has 0 saturated heterocycles. The first kappa shape index (κ1) is 24.2. The highest BCUT2D eigenvalue weighted by molar-refractivity contribution is 7.18. The zero-order valence-corrected chi connectivity index (χ0v) is 21.3. The summed E-state index contributed by atoms with van der Waals surface area (Å²) in [7, 11) is 0. The van der Waals surface area contributed by atoms with Crippen molar-refractivity contribution in [3.63, 3.8) is 0 Å². The minimum Gasteiger partial charge on any atom is -0.379 e. The van der Waals surface area contributed by atoms with E-state index in [9.17, 15) is 19.1 Å². The Bertz CT molecular complexity index is 1590. The van der Waals surface area contributed by atoms with Gasteiger partial charge in [0.05, 0.1) is 17.6 Å². The summed E-state index contributed by atoms with van der Waals surface area (Å²) in [6.45, 7) is 4.61. The monoisotopic (exact) mass is 533 g/mol. The summed E-state index contributed by atoms with van der Waals surface area (Å²) >= 11 is 14.0. The molecule has 5 rings (SSSR count). The number of benzene rings is 2. The van der Waals surface area contributed by atoms with Gasteiger partial charge in [0, 0.05) is 28.0 Å². The van der Waals surface area contributed by atoms with E-state index in [-0.39, 0.29) is 11.6 Å². The topological polar surface area (TPSA) is 67.5 Å². The minimum atomic E-state index is -0.626. The molecule has 0 bridgehead atoms. The van der Waals surface area contributed by atoms with E-state index in [1.54, 1.807) is 38.1 Å². The summed E-state index contributed by atoms with van der Waals surface area (Å²) < 4.78 is 16.3. The molecule has 2 aromatic carbocycles. The summed E-state index contributed by atoms with van der Waals surface area (Å²) in [6, 6.07) is 9.14. The second kappa shape index (κ2) is 9.19. The average molecular weight is 534 g/mol. The third-order valence-electron chi connectivity index (χ3n) is 6.50. The van der Waals surface area contributed by atoms with E-state index in [0.29, 0.717) is 51.6 Å². The lowest BCUT2D eigenvalue weighted by atomic mass is 10.0. The molecule has 6 nitrogen and oxygen atoms in total. The van der Waals surface area contributed by atoms with Gasteiger partial charge in [-0.3, -0.25) is 14.3 Å². The first-order chi connectivity index (χ1) is 16.7. The fraction of sp³-hybridized carbons (Fsp3) is 0.280. The van der Waals surface area contributed by atoms with Crippen LogP contribution in [0, 0.1) is 12.7 Å². The van der Waals surface area contributed by atoms with Crippen molar-refractivity contribution in [2.24, 2.45) is 0 Å². The summed E-state index contributed by atoms with van der Waals surface area (Å²) in [5.74, 6) is -0.472. The lowest BCUT2D eigenvalue weighted by Gasteiger charge is -2.28. The van der Waals surface area contributed by atoms with Crippen molar-refractivity contribution in [1.82, 2.24) is 14.0 Å². The maximum Gasteiger partial charge on any atom is 0.337 e. The summed E-state index contributed by atoms with van der Waals surface area (Å²) in [5, 5.41) is 11.2. The predicted molar refractivity (Wildman–Crippen MR) is 138 cm³/mol. The number of aromatic nitrogens is 2. The Kier molecular flexibility index (Phi) is 6.35. The van der Waals surface area contributed by atoms with E-state index in [0.717, 1.165) is 15.0 Å². The largest absolute Gasteiger partial charge is 0.379 e. The molecule has 2 aromatic heterocycles. The molecule has 1 aliphatic heterocycles. The van der Waals surface area contributed by atoms with Gasteiger partial charge in [-0.15, -0.1) is 11.3 Å². The number of aliphatic hydroxyl groups is 1. The van der Waals surface area contributed by atoms with E-state index in [1.807, 2.05) is 4.90 Å². The number of hydrogen-bond acceptors (Lipinski definition) is 5. The van der Waals surface area contributed by atoms with Crippen molar-refractivity contribution in [3.8, 4) is 5.69 Å². The number of nitrogens with zero attached hydrogens (tertiary/aromatic N) is 3. The molecule has 0 radical (unpaired) electrons. The van der Waals surface area contributed by atoms with Gasteiger partial charge in [0.25, 0.3) is 5.56 Å². The van der Waals surface area contributed by atoms with Crippen LogP contribution in [0.5, 0.6) is 0 Å². The molecule has 0 amide bonds. The highest BCUT2D eigenvalue weighted by atomic mass is 35.5. The van der Waals surface area contributed by atoms with Gasteiger partial charge in [-0.2, -0.15) is 0 Å². The number of halogens is 3. The Hall–Kier alpha value is -2.49. The highest BCUT2D eigenvalue weighted by Crippen LogP contribution is 2.34. The molecule has 1 N–H and O–H groups in total. The first-order valence-corrected chi connectivity index (χ1v) is 12.7. The van der Waals surface area contributed by atoms with E-state index >= 15 is 0 Å². The molecule has 0 fully saturated rings. The van der Waals surface area contributed by atoms with Crippen LogP contribution in [0.15, 0.2) is 46.0 Å². The molecule has 0 saturated carbocycles. The zero-order chi connectivity index (χ0) is 25.0. The quantitative estimate of drug-likeness (QED) is 0.412. The summed E-state index contributed by atoms with van der Waals surface area (Å²) in [5.41, 5.74) is 1.54. The van der Waals surface area contributed by atoms with Gasteiger partial charge in [0.15, 0.2) is 0 Å². The molecule has 0 aliphatic carbocycles. The van der Waals surface area contributed by atoms with Crippen LogP contribution >= 0.6 is 34.5 Å². The van der Waals surface area contributed by atoms with Crippen LogP contribution in [0.1, 0.15) is 28.5 Å². The summed E-state index contributed by atoms with van der Waals surface area (Å²) in [4.78, 5) is 31.1. The molecular formula is C25H22Cl2FN3O3S. The zero-order valence-electron chi connectivity index (χ0n) is 19.0. The van der Waals surface area contributed by atoms with Crippen molar-refractivity contribution >= 4 is 44.8 Å². The average Bonchev–Trinajstić information content (AvgIpc) is 3.19. The minimum absolute atomic E-state index is 0.0633. The Balaban J connectivity index is 1.82. The van der Waals surface area contributed by atoms with Crippen LogP contribution in [0.4, 0.5) is 4.39 Å². The fourth-order valence-corrected chi connectivity index (χ4v) is 6.31. The van der Waals surface area contributed by atoms with Gasteiger partial charge in [0.2, 0.25) is 0 Å². The first-order valence-electron chi connectivity index (χ1n) is 11.1. The van der Waals surface area contributed by atoms with Gasteiger partial charge in [-0.05, 0) is 61.2 Å². The van der Waals surface area contributed by atoms with Gasteiger partial charge < -0.3 is 5.11 Å². The molecule has 4 aromatic rings. The van der Waals surface area contributed by atoms with Crippen LogP contribution in [0.2, 0.25) is 10.0 Å². The Labute approximate surface area is 214 Å². The van der Waals surface area contributed by atoms with E-state index < -0.39 is 23.3 Å². The van der Waals surface area contributed by atoms with Crippen molar-refractivity contribution in [2.45, 2.75) is 39.6 Å². The van der Waals surface area contributed by atoms with Crippen molar-refractivity contribution in [3.05, 3.63) is 94.7 Å². The normalized spacial score (nSPS) is 14.9. The van der Waals surface area contributed by atoms with Gasteiger partial charge in [-0.1, -0.05) is 35.3 Å². The van der Waals surface area contributed by atoms with Crippen molar-refractivity contribution in [1.29, 1.82) is 0 Å². The third-order valence-corrected chi connectivity index (χ3v) is 8.51. The van der Waals surface area contributed by atoms with Crippen LogP contribution in [0.25, 0.3) is 15.9 Å². The second-order valence-electron chi connectivity index (χ2n) is 8.67. The SMILES string of the molecule is Cc1c(Cl)cccc1-n1c(=O)c2c3c(sc2n(Cc2ccc(F)cc2Cl)c1=O)CN([C@H](C)O)CC3. The number of aliphatic hydroxyl groups excluding tert-OH is 1. The molecule has 182 valence electrons. The Morgan fingerprint density at radius 1 is 1.17 bits per heavy atom. The van der Waals surface area contributed by atoms with Gasteiger partial charge in [-0.25, -0.2) is 13.8 Å². The maximum absolute atomic E-state index is 13.9. The van der Waals surface area contributed by atoms with Crippen molar-refractivity contribution < 1.29 is 9.50 Å². The molecule has 1 aliphatic rings. The number of rotatable bonds is 4. The molecule has 0 spiro atoms. The fourth-order valence-electron chi connectivity index (χ4n) is 4.56. The number of thiophene rings is 1. The van der Waals surface area contributed by atoms with Gasteiger partial charge in [0.1, 0.15) is 16.9 Å². The molecular weight excluding hydrogens is 512 g/mol. The number of hydrogen-bond donors (Lipinski definition) is 1. The maximum atomic E-state index is 13.9. The Morgan fingerprint density at radius 2 is 1.94 bits per heavy atom. The van der Waals surface area contributed by atoms with Crippen LogP contribution in [-0.4, -0.2) is 31.9 Å². The Morgan fingerprint density at radius 3 is 2.66 bits per heavy atom. The smallest absolute Gasteiger partial charge is 0.337 e. The third kappa shape index (κ3) is 4.13. The number of fused-ring (bicyclic) bond motifs is 3. The molecule has 35 heavy (non-hydrogen) atoms. The van der Waals surface area contributed by atoms with Crippen LogP contribution < -0.4 is 11.2 Å². The van der Waals surface area contributed by atoms with Crippen molar-refractivity contribution in [2.75, 3.05) is 6.54 Å². The highest BCUT2D eigenvalue weighted by Gasteiger charge is 2.28. The van der Waals surface area contributed by atoms with Crippen LogP contribution in [0.3, 0.4) is 0 Å². The second-order valence-corrected chi connectivity index (χ2v) is 10.6. The molecule has 10 heteroatoms. The van der Waals surface area contributed by atoms with E-state index in [4.69, 9.17) is 23.2 Å². The molecule has 1 atom stereocenters. The summed E-state index contributed by atoms with van der Waals surface area (Å²) in [6.07, 6.45) is -0.0566. The van der Waals surface area contributed by atoms with Gasteiger partial charge >= 0.3 is 5.69 Å².